The van der Waals surface area contributed by atoms with Gasteiger partial charge in [-0.15, -0.1) is 0 Å². The molecule has 2 rings (SSSR count). The van der Waals surface area contributed by atoms with Crippen LogP contribution in [0.25, 0.3) is 11.1 Å². The smallest absolute Gasteiger partial charge is 0.325 e. The van der Waals surface area contributed by atoms with Crippen molar-refractivity contribution in [2.24, 2.45) is 0 Å². The third kappa shape index (κ3) is 3.22. The molecule has 19 heavy (non-hydrogen) atoms. The Morgan fingerprint density at radius 2 is 1.84 bits per heavy atom. The summed E-state index contributed by atoms with van der Waals surface area (Å²) in [6.07, 6.45) is 3.44. The fourth-order valence-electron chi connectivity index (χ4n) is 1.90. The second-order valence-corrected chi connectivity index (χ2v) is 5.65. The van der Waals surface area contributed by atoms with Gasteiger partial charge in [0.2, 0.25) is 0 Å². The van der Waals surface area contributed by atoms with Gasteiger partial charge in [0.05, 0.1) is 6.20 Å². The predicted molar refractivity (Wildman–Crippen MR) is 74.0 cm³/mol. The average molecular weight is 258 g/mol. The van der Waals surface area contributed by atoms with E-state index in [1.165, 1.54) is 10.2 Å². The topological polar surface area (TPSA) is 55.1 Å². The second kappa shape index (κ2) is 4.88. The number of rotatable bonds is 3. The summed E-state index contributed by atoms with van der Waals surface area (Å²) in [7, 11) is 0. The zero-order chi connectivity index (χ0) is 14.0. The number of hydrogen-bond acceptors (Lipinski definition) is 2. The van der Waals surface area contributed by atoms with E-state index in [9.17, 15) is 4.79 Å². The molecule has 1 heterocycles. The highest BCUT2D eigenvalue weighted by molar-refractivity contribution is 5.67. The quantitative estimate of drug-likeness (QED) is 0.921. The van der Waals surface area contributed by atoms with Gasteiger partial charge in [0.1, 0.15) is 6.54 Å². The van der Waals surface area contributed by atoms with Crippen molar-refractivity contribution < 1.29 is 9.90 Å². The minimum atomic E-state index is -0.891. The Morgan fingerprint density at radius 1 is 1.21 bits per heavy atom. The van der Waals surface area contributed by atoms with E-state index in [1.54, 1.807) is 12.4 Å². The fraction of sp³-hybridized carbons (Fsp3) is 0.333. The summed E-state index contributed by atoms with van der Waals surface area (Å²) in [5.41, 5.74) is 3.38. The molecule has 0 radical (unpaired) electrons. The molecule has 0 spiro atoms. The average Bonchev–Trinajstić information content (AvgIpc) is 2.75. The highest BCUT2D eigenvalue weighted by Crippen LogP contribution is 2.25. The van der Waals surface area contributed by atoms with E-state index < -0.39 is 5.97 Å². The van der Waals surface area contributed by atoms with Crippen LogP contribution in [0, 0.1) is 0 Å². The second-order valence-electron chi connectivity index (χ2n) is 5.65. The summed E-state index contributed by atoms with van der Waals surface area (Å²) in [5.74, 6) is -0.891. The molecule has 1 aromatic carbocycles. The van der Waals surface area contributed by atoms with Crippen molar-refractivity contribution >= 4 is 5.97 Å². The van der Waals surface area contributed by atoms with Crippen molar-refractivity contribution in [3.63, 3.8) is 0 Å². The van der Waals surface area contributed by atoms with Crippen LogP contribution in [-0.2, 0) is 16.8 Å². The van der Waals surface area contributed by atoms with Crippen LogP contribution in [0.2, 0.25) is 0 Å². The summed E-state index contributed by atoms with van der Waals surface area (Å²) in [6, 6.07) is 8.29. The molecular formula is C15H18N2O2. The molecule has 0 fully saturated rings. The molecule has 0 aliphatic rings. The number of carboxylic acid groups (broad SMARTS) is 1. The standard InChI is InChI=1S/C15H18N2O2/c1-15(2,3)13-6-4-11(5-7-13)12-8-16-17(9-12)10-14(18)19/h4-9H,10H2,1-3H3,(H,18,19). The third-order valence-electron chi connectivity index (χ3n) is 3.01. The van der Waals surface area contributed by atoms with Gasteiger partial charge < -0.3 is 5.11 Å². The molecule has 0 unspecified atom stereocenters. The maximum Gasteiger partial charge on any atom is 0.325 e. The van der Waals surface area contributed by atoms with Gasteiger partial charge in [-0.2, -0.15) is 5.10 Å². The van der Waals surface area contributed by atoms with Crippen LogP contribution in [0.5, 0.6) is 0 Å². The van der Waals surface area contributed by atoms with Crippen LogP contribution in [0.3, 0.4) is 0 Å². The first-order chi connectivity index (χ1) is 8.86. The third-order valence-corrected chi connectivity index (χ3v) is 3.01. The molecule has 1 N–H and O–H groups in total. The molecule has 0 aliphatic carbocycles. The minimum Gasteiger partial charge on any atom is -0.480 e. The summed E-state index contributed by atoms with van der Waals surface area (Å²) in [5, 5.41) is 12.8. The zero-order valence-corrected chi connectivity index (χ0v) is 11.4. The molecule has 0 saturated carbocycles. The number of aromatic nitrogens is 2. The Kier molecular flexibility index (Phi) is 3.42. The molecule has 2 aromatic rings. The molecule has 1 aromatic heterocycles. The number of hydrogen-bond donors (Lipinski definition) is 1. The molecule has 0 bridgehead atoms. The van der Waals surface area contributed by atoms with Gasteiger partial charge in [0.15, 0.2) is 0 Å². The van der Waals surface area contributed by atoms with Crippen LogP contribution in [0.1, 0.15) is 26.3 Å². The van der Waals surface area contributed by atoms with E-state index in [-0.39, 0.29) is 12.0 Å². The van der Waals surface area contributed by atoms with Gasteiger partial charge in [0, 0.05) is 11.8 Å². The first-order valence-corrected chi connectivity index (χ1v) is 6.21. The van der Waals surface area contributed by atoms with Crippen molar-refractivity contribution in [1.82, 2.24) is 9.78 Å². The van der Waals surface area contributed by atoms with E-state index in [0.29, 0.717) is 0 Å². The maximum absolute atomic E-state index is 10.6. The molecule has 0 saturated heterocycles. The number of benzene rings is 1. The van der Waals surface area contributed by atoms with Crippen molar-refractivity contribution in [2.45, 2.75) is 32.7 Å². The van der Waals surface area contributed by atoms with Crippen molar-refractivity contribution in [1.29, 1.82) is 0 Å². The van der Waals surface area contributed by atoms with Crippen LogP contribution in [0.15, 0.2) is 36.7 Å². The lowest BCUT2D eigenvalue weighted by Crippen LogP contribution is -2.10. The van der Waals surface area contributed by atoms with Crippen molar-refractivity contribution in [3.05, 3.63) is 42.2 Å². The molecule has 0 amide bonds. The summed E-state index contributed by atoms with van der Waals surface area (Å²) in [4.78, 5) is 10.6. The van der Waals surface area contributed by atoms with Crippen LogP contribution in [0.4, 0.5) is 0 Å². The van der Waals surface area contributed by atoms with E-state index in [4.69, 9.17) is 5.11 Å². The van der Waals surface area contributed by atoms with E-state index in [0.717, 1.165) is 11.1 Å². The molecule has 4 nitrogen and oxygen atoms in total. The Bertz CT molecular complexity index is 577. The lowest BCUT2D eigenvalue weighted by atomic mass is 9.86. The molecule has 0 aliphatic heterocycles. The first-order valence-electron chi connectivity index (χ1n) is 6.21. The van der Waals surface area contributed by atoms with Crippen LogP contribution >= 0.6 is 0 Å². The monoisotopic (exact) mass is 258 g/mol. The summed E-state index contributed by atoms with van der Waals surface area (Å²) >= 11 is 0. The zero-order valence-electron chi connectivity index (χ0n) is 11.4. The minimum absolute atomic E-state index is 0.111. The Balaban J connectivity index is 2.23. The predicted octanol–water partition coefficient (Wildman–Crippen LogP) is 2.93. The number of aliphatic carboxylic acids is 1. The Labute approximate surface area is 112 Å². The lowest BCUT2D eigenvalue weighted by Gasteiger charge is -2.18. The van der Waals surface area contributed by atoms with Gasteiger partial charge >= 0.3 is 5.97 Å². The maximum atomic E-state index is 10.6. The molecule has 0 atom stereocenters. The van der Waals surface area contributed by atoms with E-state index >= 15 is 0 Å². The lowest BCUT2D eigenvalue weighted by molar-refractivity contribution is -0.137. The highest BCUT2D eigenvalue weighted by Gasteiger charge is 2.13. The van der Waals surface area contributed by atoms with Crippen LogP contribution in [-0.4, -0.2) is 20.9 Å². The number of carbonyl (C=O) groups is 1. The molecular weight excluding hydrogens is 240 g/mol. The van der Waals surface area contributed by atoms with Gasteiger partial charge in [-0.3, -0.25) is 9.48 Å². The molecule has 100 valence electrons. The number of carboxylic acids is 1. The Hall–Kier alpha value is -2.10. The number of nitrogens with zero attached hydrogens (tertiary/aromatic N) is 2. The van der Waals surface area contributed by atoms with E-state index in [1.807, 2.05) is 12.1 Å². The molecule has 4 heteroatoms. The SMILES string of the molecule is CC(C)(C)c1ccc(-c2cnn(CC(=O)O)c2)cc1. The normalized spacial score (nSPS) is 11.5. The van der Waals surface area contributed by atoms with Gasteiger partial charge in [-0.25, -0.2) is 0 Å². The Morgan fingerprint density at radius 3 is 2.37 bits per heavy atom. The largest absolute Gasteiger partial charge is 0.480 e. The van der Waals surface area contributed by atoms with Crippen LogP contribution < -0.4 is 0 Å². The van der Waals surface area contributed by atoms with Gasteiger partial charge in [-0.05, 0) is 16.5 Å². The fourth-order valence-corrected chi connectivity index (χ4v) is 1.90. The highest BCUT2D eigenvalue weighted by atomic mass is 16.4. The van der Waals surface area contributed by atoms with Gasteiger partial charge in [0.25, 0.3) is 0 Å². The summed E-state index contributed by atoms with van der Waals surface area (Å²) in [6.45, 7) is 6.41. The van der Waals surface area contributed by atoms with Crippen molar-refractivity contribution in [3.8, 4) is 11.1 Å². The van der Waals surface area contributed by atoms with Gasteiger partial charge in [-0.1, -0.05) is 45.0 Å². The van der Waals surface area contributed by atoms with Crippen molar-refractivity contribution in [2.75, 3.05) is 0 Å². The van der Waals surface area contributed by atoms with E-state index in [2.05, 4.69) is 38.0 Å². The first kappa shape index (κ1) is 13.3. The summed E-state index contributed by atoms with van der Waals surface area (Å²) < 4.78 is 1.43.